The van der Waals surface area contributed by atoms with Gasteiger partial charge < -0.3 is 14.5 Å². The van der Waals surface area contributed by atoms with Crippen LogP contribution in [0.5, 0.6) is 0 Å². The summed E-state index contributed by atoms with van der Waals surface area (Å²) < 4.78 is 32.2. The van der Waals surface area contributed by atoms with Crippen molar-refractivity contribution in [1.82, 2.24) is 14.5 Å². The molecule has 0 aromatic heterocycles. The molecule has 2 aromatic rings. The number of carbonyl (C=O) groups excluding carboxylic acids is 1. The second-order valence-electron chi connectivity index (χ2n) is 10.8. The lowest BCUT2D eigenvalue weighted by Crippen LogP contribution is -2.48. The highest BCUT2D eigenvalue weighted by Crippen LogP contribution is 2.41. The molecule has 10 nitrogen and oxygen atoms in total. The predicted octanol–water partition coefficient (Wildman–Crippen LogP) is 4.30. The summed E-state index contributed by atoms with van der Waals surface area (Å²) in [5, 5.41) is 10.9. The summed E-state index contributed by atoms with van der Waals surface area (Å²) in [6.45, 7) is 6.75. The molecule has 2 aliphatic rings. The first-order valence-corrected chi connectivity index (χ1v) is 15.5. The number of nitro groups is 1. The second kappa shape index (κ2) is 13.4. The van der Waals surface area contributed by atoms with Gasteiger partial charge in [-0.3, -0.25) is 10.1 Å². The zero-order valence-corrected chi connectivity index (χ0v) is 23.7. The SMILES string of the molecule is C=CCN(C(=O)OCc1ccc([N+](=O)[O-])cc1)C1CCN(CC2CC(NS(C)(=O)=O)CC2c2ccccc2)CC1. The molecule has 2 aromatic carbocycles. The Balaban J connectivity index is 1.33. The van der Waals surface area contributed by atoms with E-state index in [-0.39, 0.29) is 30.3 Å². The van der Waals surface area contributed by atoms with Crippen molar-refractivity contribution >= 4 is 21.8 Å². The maximum absolute atomic E-state index is 13.0. The molecule has 40 heavy (non-hydrogen) atoms. The smallest absolute Gasteiger partial charge is 0.410 e. The Morgan fingerprint density at radius 1 is 1.15 bits per heavy atom. The van der Waals surface area contributed by atoms with Crippen LogP contribution < -0.4 is 4.72 Å². The number of rotatable bonds is 11. The number of sulfonamides is 1. The molecule has 1 saturated heterocycles. The molecule has 1 aliphatic heterocycles. The number of nitro benzene ring substituents is 1. The van der Waals surface area contributed by atoms with Gasteiger partial charge in [-0.05, 0) is 60.8 Å². The van der Waals surface area contributed by atoms with Crippen molar-refractivity contribution in [3.8, 4) is 0 Å². The largest absolute Gasteiger partial charge is 0.445 e. The van der Waals surface area contributed by atoms with Gasteiger partial charge >= 0.3 is 6.09 Å². The van der Waals surface area contributed by atoms with Crippen molar-refractivity contribution in [2.75, 3.05) is 32.4 Å². The van der Waals surface area contributed by atoms with E-state index in [1.165, 1.54) is 24.0 Å². The molecule has 0 spiro atoms. The third kappa shape index (κ3) is 8.12. The first-order valence-electron chi connectivity index (χ1n) is 13.6. The maximum atomic E-state index is 13.0. The molecule has 3 atom stereocenters. The minimum Gasteiger partial charge on any atom is -0.445 e. The average Bonchev–Trinajstić information content (AvgIpc) is 3.32. The summed E-state index contributed by atoms with van der Waals surface area (Å²) >= 11 is 0. The van der Waals surface area contributed by atoms with E-state index in [0.29, 0.717) is 18.0 Å². The molecule has 1 aliphatic carbocycles. The van der Waals surface area contributed by atoms with Crippen molar-refractivity contribution in [3.63, 3.8) is 0 Å². The molecule has 4 rings (SSSR count). The van der Waals surface area contributed by atoms with E-state index in [0.717, 1.165) is 45.3 Å². The van der Waals surface area contributed by atoms with Gasteiger partial charge in [0.15, 0.2) is 0 Å². The molecule has 1 N–H and O–H groups in total. The number of nitrogens with zero attached hydrogens (tertiary/aromatic N) is 3. The summed E-state index contributed by atoms with van der Waals surface area (Å²) in [5.74, 6) is 0.610. The van der Waals surface area contributed by atoms with E-state index in [1.54, 1.807) is 23.1 Å². The lowest BCUT2D eigenvalue weighted by atomic mass is 9.88. The third-order valence-electron chi connectivity index (χ3n) is 7.86. The Hall–Kier alpha value is -3.28. The van der Waals surface area contributed by atoms with Gasteiger partial charge in [-0.15, -0.1) is 6.58 Å². The Morgan fingerprint density at radius 2 is 1.82 bits per heavy atom. The number of non-ortho nitro benzene ring substituents is 1. The van der Waals surface area contributed by atoms with Crippen LogP contribution in [0.3, 0.4) is 0 Å². The third-order valence-corrected chi connectivity index (χ3v) is 8.63. The van der Waals surface area contributed by atoms with Crippen LogP contribution in [0.1, 0.15) is 42.7 Å². The lowest BCUT2D eigenvalue weighted by Gasteiger charge is -2.39. The number of piperidine rings is 1. The molecule has 0 bridgehead atoms. The van der Waals surface area contributed by atoms with Gasteiger partial charge in [-0.1, -0.05) is 36.4 Å². The van der Waals surface area contributed by atoms with Crippen LogP contribution >= 0.6 is 0 Å². The first kappa shape index (κ1) is 29.7. The van der Waals surface area contributed by atoms with Crippen LogP contribution in [-0.4, -0.2) is 73.8 Å². The highest BCUT2D eigenvalue weighted by molar-refractivity contribution is 7.88. The monoisotopic (exact) mass is 570 g/mol. The van der Waals surface area contributed by atoms with E-state index in [2.05, 4.69) is 28.3 Å². The number of amides is 1. The van der Waals surface area contributed by atoms with Gasteiger partial charge in [0, 0.05) is 50.4 Å². The maximum Gasteiger partial charge on any atom is 0.410 e. The summed E-state index contributed by atoms with van der Waals surface area (Å²) in [6.07, 6.45) is 5.66. The van der Waals surface area contributed by atoms with Crippen LogP contribution in [0.25, 0.3) is 0 Å². The first-order chi connectivity index (χ1) is 19.1. The van der Waals surface area contributed by atoms with Gasteiger partial charge in [0.2, 0.25) is 10.0 Å². The number of carbonyl (C=O) groups is 1. The summed E-state index contributed by atoms with van der Waals surface area (Å²) in [7, 11) is -3.28. The van der Waals surface area contributed by atoms with Gasteiger partial charge in [-0.2, -0.15) is 0 Å². The van der Waals surface area contributed by atoms with Crippen LogP contribution in [-0.2, 0) is 21.4 Å². The molecule has 2 fully saturated rings. The zero-order chi connectivity index (χ0) is 28.7. The summed E-state index contributed by atoms with van der Waals surface area (Å²) in [4.78, 5) is 27.5. The van der Waals surface area contributed by atoms with Crippen molar-refractivity contribution in [1.29, 1.82) is 0 Å². The minimum atomic E-state index is -3.28. The Bertz CT molecular complexity index is 1260. The predicted molar refractivity (Wildman–Crippen MR) is 153 cm³/mol. The second-order valence-corrected chi connectivity index (χ2v) is 12.6. The van der Waals surface area contributed by atoms with E-state index in [4.69, 9.17) is 4.74 Å². The van der Waals surface area contributed by atoms with Crippen LogP contribution in [0.4, 0.5) is 10.5 Å². The van der Waals surface area contributed by atoms with Crippen LogP contribution in [0, 0.1) is 16.0 Å². The van der Waals surface area contributed by atoms with Gasteiger partial charge in [0.25, 0.3) is 5.69 Å². The molecule has 3 unspecified atom stereocenters. The Labute approximate surface area is 236 Å². The topological polar surface area (TPSA) is 122 Å². The molecule has 11 heteroatoms. The van der Waals surface area contributed by atoms with Crippen molar-refractivity contribution in [3.05, 3.63) is 88.5 Å². The number of hydrogen-bond donors (Lipinski definition) is 1. The standard InChI is InChI=1S/C29H38N4O6S/c1-3-15-32(29(34)39-21-22-9-11-27(12-10-22)33(35)36)26-13-16-31(17-14-26)20-24-18-25(30-40(2,37)38)19-28(24)23-7-5-4-6-8-23/h3-12,24-26,28,30H,1,13-21H2,2H3. The Kier molecular flexibility index (Phi) is 9.94. The van der Waals surface area contributed by atoms with Crippen LogP contribution in [0.15, 0.2) is 67.3 Å². The van der Waals surface area contributed by atoms with Crippen LogP contribution in [0.2, 0.25) is 0 Å². The van der Waals surface area contributed by atoms with Gasteiger partial charge in [-0.25, -0.2) is 17.9 Å². The highest BCUT2D eigenvalue weighted by atomic mass is 32.2. The number of hydrogen-bond acceptors (Lipinski definition) is 7. The lowest BCUT2D eigenvalue weighted by molar-refractivity contribution is -0.384. The molecular formula is C29H38N4O6S. The highest BCUT2D eigenvalue weighted by Gasteiger charge is 2.38. The summed E-state index contributed by atoms with van der Waals surface area (Å²) in [6, 6.07) is 16.2. The molecule has 216 valence electrons. The number of nitrogens with one attached hydrogen (secondary N) is 1. The van der Waals surface area contributed by atoms with Crippen molar-refractivity contribution < 1.29 is 22.9 Å². The quantitative estimate of drug-likeness (QED) is 0.243. The molecule has 1 saturated carbocycles. The summed E-state index contributed by atoms with van der Waals surface area (Å²) in [5.41, 5.74) is 1.92. The molecular weight excluding hydrogens is 532 g/mol. The number of benzene rings is 2. The number of ether oxygens (including phenoxy) is 1. The fraction of sp³-hybridized carbons (Fsp3) is 0.483. The fourth-order valence-corrected chi connectivity index (χ4v) is 6.83. The van der Waals surface area contributed by atoms with E-state index >= 15 is 0 Å². The normalized spacial score (nSPS) is 22.1. The molecule has 0 radical (unpaired) electrons. The zero-order valence-electron chi connectivity index (χ0n) is 22.9. The van der Waals surface area contributed by atoms with Crippen molar-refractivity contribution in [2.24, 2.45) is 5.92 Å². The van der Waals surface area contributed by atoms with Gasteiger partial charge in [0.1, 0.15) is 6.61 Å². The minimum absolute atomic E-state index is 0.00927. The molecule has 1 amide bonds. The fourth-order valence-electron chi connectivity index (χ4n) is 6.03. The van der Waals surface area contributed by atoms with Crippen molar-refractivity contribution in [2.45, 2.75) is 50.3 Å². The van der Waals surface area contributed by atoms with Gasteiger partial charge in [0.05, 0.1) is 11.2 Å². The molecule has 1 heterocycles. The van der Waals surface area contributed by atoms with E-state index in [9.17, 15) is 23.3 Å². The van der Waals surface area contributed by atoms with E-state index in [1.807, 2.05) is 18.2 Å². The Morgan fingerprint density at radius 3 is 2.42 bits per heavy atom. The van der Waals surface area contributed by atoms with E-state index < -0.39 is 21.0 Å². The average molecular weight is 571 g/mol. The number of likely N-dealkylation sites (tertiary alicyclic amines) is 1.